The number of hydrogen-bond donors (Lipinski definition) is 2. The second-order valence-electron chi connectivity index (χ2n) is 2.91. The Hall–Kier alpha value is -2.10. The molecule has 4 heteroatoms. The van der Waals surface area contributed by atoms with Crippen molar-refractivity contribution in [1.82, 2.24) is 4.98 Å². The maximum absolute atomic E-state index is 10.6. The van der Waals surface area contributed by atoms with Crippen molar-refractivity contribution >= 4 is 16.9 Å². The topological polar surface area (TPSA) is 70.4 Å². The summed E-state index contributed by atoms with van der Waals surface area (Å²) >= 11 is 0. The maximum atomic E-state index is 10.6. The van der Waals surface area contributed by atoms with Crippen LogP contribution in [0.3, 0.4) is 0 Å². The third kappa shape index (κ3) is 1.37. The molecule has 0 radical (unpaired) electrons. The van der Waals surface area contributed by atoms with E-state index in [0.717, 1.165) is 0 Å². The second-order valence-corrected chi connectivity index (χ2v) is 2.91. The molecule has 0 atom stereocenters. The quantitative estimate of drug-likeness (QED) is 0.715. The van der Waals surface area contributed by atoms with Gasteiger partial charge in [0.25, 0.3) is 0 Å². The van der Waals surface area contributed by atoms with E-state index in [1.807, 2.05) is 0 Å². The molecule has 0 aliphatic heterocycles. The molecule has 0 amide bonds. The third-order valence-corrected chi connectivity index (χ3v) is 1.91. The van der Waals surface area contributed by atoms with Gasteiger partial charge in [0.05, 0.1) is 17.3 Å². The van der Waals surface area contributed by atoms with Gasteiger partial charge in [0, 0.05) is 5.39 Å². The minimum Gasteiger partial charge on any atom is -0.506 e. The Morgan fingerprint density at radius 2 is 2.07 bits per heavy atom. The van der Waals surface area contributed by atoms with E-state index >= 15 is 0 Å². The highest BCUT2D eigenvalue weighted by molar-refractivity contribution is 5.93. The van der Waals surface area contributed by atoms with Crippen molar-refractivity contribution in [3.63, 3.8) is 0 Å². The predicted octanol–water partition coefficient (Wildman–Crippen LogP) is 1.64. The predicted molar refractivity (Wildman–Crippen MR) is 50.4 cm³/mol. The molecule has 0 unspecified atom stereocenters. The minimum absolute atomic E-state index is 0.0278. The van der Waals surface area contributed by atoms with Gasteiger partial charge in [-0.25, -0.2) is 4.79 Å². The zero-order valence-electron chi connectivity index (χ0n) is 7.14. The van der Waals surface area contributed by atoms with Crippen LogP contribution >= 0.6 is 0 Å². The summed E-state index contributed by atoms with van der Waals surface area (Å²) in [7, 11) is 0. The first-order chi connectivity index (χ1) is 6.66. The van der Waals surface area contributed by atoms with E-state index in [2.05, 4.69) is 4.98 Å². The summed E-state index contributed by atoms with van der Waals surface area (Å²) in [5.74, 6) is -0.963. The highest BCUT2D eigenvalue weighted by atomic mass is 16.4. The zero-order valence-corrected chi connectivity index (χ0v) is 7.14. The lowest BCUT2D eigenvalue weighted by Gasteiger charge is -1.99. The molecule has 0 bridgehead atoms. The van der Waals surface area contributed by atoms with E-state index in [4.69, 9.17) is 10.2 Å². The van der Waals surface area contributed by atoms with E-state index in [0.29, 0.717) is 10.9 Å². The fourth-order valence-corrected chi connectivity index (χ4v) is 1.25. The molecule has 1 heterocycles. The van der Waals surface area contributed by atoms with Crippen molar-refractivity contribution in [3.05, 3.63) is 36.0 Å². The Balaban J connectivity index is 2.69. The van der Waals surface area contributed by atoms with Crippen LogP contribution in [0.5, 0.6) is 5.75 Å². The lowest BCUT2D eigenvalue weighted by atomic mass is 10.1. The number of aromatic carboxylic acids is 1. The smallest absolute Gasteiger partial charge is 0.335 e. The summed E-state index contributed by atoms with van der Waals surface area (Å²) in [5.41, 5.74) is 0.845. The van der Waals surface area contributed by atoms with Gasteiger partial charge in [-0.2, -0.15) is 0 Å². The highest BCUT2D eigenvalue weighted by Crippen LogP contribution is 2.18. The number of nitrogens with zero attached hydrogens (tertiary/aromatic N) is 1. The van der Waals surface area contributed by atoms with Gasteiger partial charge < -0.3 is 10.2 Å². The molecular formula is C10H7NO3. The Morgan fingerprint density at radius 1 is 1.29 bits per heavy atom. The molecular weight excluding hydrogens is 182 g/mol. The van der Waals surface area contributed by atoms with Crippen LogP contribution in [0.4, 0.5) is 0 Å². The van der Waals surface area contributed by atoms with E-state index in [1.54, 1.807) is 6.07 Å². The molecule has 1 aromatic carbocycles. The van der Waals surface area contributed by atoms with E-state index in [9.17, 15) is 4.79 Å². The molecule has 0 spiro atoms. The third-order valence-electron chi connectivity index (χ3n) is 1.91. The molecule has 0 fully saturated rings. The molecule has 0 aliphatic rings. The fraction of sp³-hybridized carbons (Fsp3) is 0. The van der Waals surface area contributed by atoms with E-state index in [1.165, 1.54) is 24.4 Å². The minimum atomic E-state index is -0.991. The van der Waals surface area contributed by atoms with Crippen molar-refractivity contribution in [3.8, 4) is 5.75 Å². The SMILES string of the molecule is O=C(O)c1ccc2ncc(O)cc2c1. The number of hydrogen-bond acceptors (Lipinski definition) is 3. The number of aromatic hydroxyl groups is 1. The molecule has 2 rings (SSSR count). The first kappa shape index (κ1) is 8.50. The average molecular weight is 189 g/mol. The van der Waals surface area contributed by atoms with Gasteiger partial charge in [0.2, 0.25) is 0 Å². The number of pyridine rings is 1. The molecule has 2 aromatic rings. The standard InChI is InChI=1S/C10H7NO3/c12-8-4-7-3-6(10(13)14)1-2-9(7)11-5-8/h1-5,12H,(H,13,14). The monoisotopic (exact) mass is 189 g/mol. The van der Waals surface area contributed by atoms with Crippen LogP contribution in [0.25, 0.3) is 10.9 Å². The number of rotatable bonds is 1. The fourth-order valence-electron chi connectivity index (χ4n) is 1.25. The Morgan fingerprint density at radius 3 is 2.79 bits per heavy atom. The molecule has 2 N–H and O–H groups in total. The number of aromatic nitrogens is 1. The number of fused-ring (bicyclic) bond motifs is 1. The first-order valence-electron chi connectivity index (χ1n) is 3.99. The molecule has 0 saturated carbocycles. The van der Waals surface area contributed by atoms with Gasteiger partial charge in [0.15, 0.2) is 0 Å². The van der Waals surface area contributed by atoms with Crippen molar-refractivity contribution in [1.29, 1.82) is 0 Å². The lowest BCUT2D eigenvalue weighted by molar-refractivity contribution is 0.0697. The highest BCUT2D eigenvalue weighted by Gasteiger charge is 2.04. The van der Waals surface area contributed by atoms with Crippen LogP contribution in [0.1, 0.15) is 10.4 Å². The van der Waals surface area contributed by atoms with Crippen LogP contribution in [0.2, 0.25) is 0 Å². The summed E-state index contributed by atoms with van der Waals surface area (Å²) in [6, 6.07) is 6.05. The van der Waals surface area contributed by atoms with Crippen LogP contribution in [0.15, 0.2) is 30.5 Å². The molecule has 0 saturated heterocycles. The number of carboxylic acid groups (broad SMARTS) is 1. The van der Waals surface area contributed by atoms with Crippen molar-refractivity contribution < 1.29 is 15.0 Å². The van der Waals surface area contributed by atoms with Gasteiger partial charge in [-0.1, -0.05) is 0 Å². The lowest BCUT2D eigenvalue weighted by Crippen LogP contribution is -1.95. The molecule has 14 heavy (non-hydrogen) atoms. The normalized spacial score (nSPS) is 10.3. The molecule has 0 aliphatic carbocycles. The van der Waals surface area contributed by atoms with Gasteiger partial charge in [-0.15, -0.1) is 0 Å². The van der Waals surface area contributed by atoms with Crippen LogP contribution < -0.4 is 0 Å². The summed E-state index contributed by atoms with van der Waals surface area (Å²) < 4.78 is 0. The number of benzene rings is 1. The van der Waals surface area contributed by atoms with Gasteiger partial charge >= 0.3 is 5.97 Å². The summed E-state index contributed by atoms with van der Waals surface area (Å²) in [4.78, 5) is 14.6. The molecule has 70 valence electrons. The van der Waals surface area contributed by atoms with Crippen LogP contribution in [0, 0.1) is 0 Å². The Labute approximate surface area is 79.4 Å². The average Bonchev–Trinajstić information content (AvgIpc) is 2.16. The van der Waals surface area contributed by atoms with Crippen molar-refractivity contribution in [2.24, 2.45) is 0 Å². The van der Waals surface area contributed by atoms with Crippen molar-refractivity contribution in [2.45, 2.75) is 0 Å². The summed E-state index contributed by atoms with van der Waals surface area (Å²) in [6.07, 6.45) is 1.32. The van der Waals surface area contributed by atoms with Gasteiger partial charge in [-0.05, 0) is 24.3 Å². The van der Waals surface area contributed by atoms with Crippen molar-refractivity contribution in [2.75, 3.05) is 0 Å². The summed E-state index contributed by atoms with van der Waals surface area (Å²) in [5, 5.41) is 18.5. The molecule has 4 nitrogen and oxygen atoms in total. The molecule has 1 aromatic heterocycles. The number of carboxylic acids is 1. The largest absolute Gasteiger partial charge is 0.506 e. The Bertz CT molecular complexity index is 508. The van der Waals surface area contributed by atoms with Crippen LogP contribution in [-0.4, -0.2) is 21.2 Å². The van der Waals surface area contributed by atoms with E-state index in [-0.39, 0.29) is 11.3 Å². The van der Waals surface area contributed by atoms with E-state index < -0.39 is 5.97 Å². The van der Waals surface area contributed by atoms with Gasteiger partial charge in [-0.3, -0.25) is 4.98 Å². The van der Waals surface area contributed by atoms with Gasteiger partial charge in [0.1, 0.15) is 5.75 Å². The second kappa shape index (κ2) is 2.99. The number of carbonyl (C=O) groups is 1. The summed E-state index contributed by atoms with van der Waals surface area (Å²) in [6.45, 7) is 0. The first-order valence-corrected chi connectivity index (χ1v) is 3.99. The zero-order chi connectivity index (χ0) is 10.1. The maximum Gasteiger partial charge on any atom is 0.335 e. The Kier molecular flexibility index (Phi) is 1.81. The van der Waals surface area contributed by atoms with Crippen LogP contribution in [-0.2, 0) is 0 Å².